The fourth-order valence-corrected chi connectivity index (χ4v) is 2.72. The number of methoxy groups -OCH3 is 1. The topological polar surface area (TPSA) is 58.6 Å². The zero-order valence-electron chi connectivity index (χ0n) is 11.6. The van der Waals surface area contributed by atoms with Crippen molar-refractivity contribution in [1.82, 2.24) is 5.32 Å². The molecule has 5 heteroatoms. The third-order valence-electron chi connectivity index (χ3n) is 3.85. The average Bonchev–Trinajstić information content (AvgIpc) is 2.88. The van der Waals surface area contributed by atoms with Crippen LogP contribution in [0.4, 0.5) is 4.39 Å². The Bertz CT molecular complexity index is 484. The van der Waals surface area contributed by atoms with Crippen LogP contribution in [0.15, 0.2) is 18.2 Å². The maximum Gasteiger partial charge on any atom is 0.224 e. The van der Waals surface area contributed by atoms with E-state index in [0.717, 1.165) is 25.7 Å². The molecule has 0 aliphatic heterocycles. The molecule has 0 atom stereocenters. The minimum atomic E-state index is -0.484. The molecule has 0 unspecified atom stereocenters. The first-order valence-electron chi connectivity index (χ1n) is 6.83. The van der Waals surface area contributed by atoms with Crippen molar-refractivity contribution in [3.8, 4) is 5.75 Å². The summed E-state index contributed by atoms with van der Waals surface area (Å²) in [4.78, 5) is 12.0. The van der Waals surface area contributed by atoms with E-state index in [2.05, 4.69) is 5.32 Å². The number of halogens is 1. The minimum absolute atomic E-state index is 0.0459. The Morgan fingerprint density at radius 3 is 2.70 bits per heavy atom. The molecule has 0 bridgehead atoms. The number of rotatable bonds is 5. The van der Waals surface area contributed by atoms with Crippen LogP contribution in [-0.4, -0.2) is 30.3 Å². The number of ether oxygens (including phenoxy) is 1. The molecule has 2 rings (SSSR count). The SMILES string of the molecule is COc1ccc(CC(=O)NC2(CO)CCCC2)cc1F. The molecular weight excluding hydrogens is 261 g/mol. The molecule has 1 saturated carbocycles. The van der Waals surface area contributed by atoms with Gasteiger partial charge in [0.1, 0.15) is 0 Å². The summed E-state index contributed by atoms with van der Waals surface area (Å²) < 4.78 is 18.4. The summed E-state index contributed by atoms with van der Waals surface area (Å²) in [6.45, 7) is -0.0459. The van der Waals surface area contributed by atoms with Crippen LogP contribution < -0.4 is 10.1 Å². The molecule has 1 aromatic carbocycles. The number of amides is 1. The van der Waals surface area contributed by atoms with Gasteiger partial charge in [-0.2, -0.15) is 0 Å². The molecule has 0 aromatic heterocycles. The second-order valence-corrected chi connectivity index (χ2v) is 5.34. The number of aliphatic hydroxyl groups is 1. The third-order valence-corrected chi connectivity index (χ3v) is 3.85. The summed E-state index contributed by atoms with van der Waals surface area (Å²) >= 11 is 0. The second kappa shape index (κ2) is 6.22. The van der Waals surface area contributed by atoms with E-state index in [4.69, 9.17) is 4.74 Å². The largest absolute Gasteiger partial charge is 0.494 e. The van der Waals surface area contributed by atoms with E-state index in [1.807, 2.05) is 0 Å². The maximum absolute atomic E-state index is 13.6. The van der Waals surface area contributed by atoms with Crippen LogP contribution in [0.5, 0.6) is 5.75 Å². The molecule has 1 aromatic rings. The van der Waals surface area contributed by atoms with E-state index >= 15 is 0 Å². The van der Waals surface area contributed by atoms with Gasteiger partial charge in [-0.3, -0.25) is 4.79 Å². The summed E-state index contributed by atoms with van der Waals surface area (Å²) in [5.74, 6) is -0.502. The number of aliphatic hydroxyl groups excluding tert-OH is 1. The van der Waals surface area contributed by atoms with Crippen LogP contribution in [0, 0.1) is 5.82 Å². The summed E-state index contributed by atoms with van der Waals surface area (Å²) in [7, 11) is 1.40. The molecule has 0 saturated heterocycles. The quantitative estimate of drug-likeness (QED) is 0.865. The van der Waals surface area contributed by atoms with Crippen molar-refractivity contribution in [2.45, 2.75) is 37.6 Å². The summed E-state index contributed by atoms with van der Waals surface area (Å²) in [6.07, 6.45) is 3.72. The van der Waals surface area contributed by atoms with Crippen molar-refractivity contribution in [3.63, 3.8) is 0 Å². The minimum Gasteiger partial charge on any atom is -0.494 e. The van der Waals surface area contributed by atoms with Crippen LogP contribution >= 0.6 is 0 Å². The molecule has 0 radical (unpaired) electrons. The lowest BCUT2D eigenvalue weighted by molar-refractivity contribution is -0.122. The zero-order chi connectivity index (χ0) is 14.6. The van der Waals surface area contributed by atoms with E-state index in [0.29, 0.717) is 5.56 Å². The van der Waals surface area contributed by atoms with Crippen molar-refractivity contribution >= 4 is 5.91 Å². The normalized spacial score (nSPS) is 16.9. The maximum atomic E-state index is 13.6. The van der Waals surface area contributed by atoms with Crippen molar-refractivity contribution < 1.29 is 19.0 Å². The van der Waals surface area contributed by atoms with Gasteiger partial charge in [-0.1, -0.05) is 18.9 Å². The standard InChI is InChI=1S/C15H20FNO3/c1-20-13-5-4-11(8-12(13)16)9-14(19)17-15(10-18)6-2-3-7-15/h4-5,8,18H,2-3,6-7,9-10H2,1H3,(H,17,19). The predicted molar refractivity (Wildman–Crippen MR) is 73.1 cm³/mol. The van der Waals surface area contributed by atoms with E-state index in [-0.39, 0.29) is 24.7 Å². The highest BCUT2D eigenvalue weighted by atomic mass is 19.1. The van der Waals surface area contributed by atoms with Crippen molar-refractivity contribution in [1.29, 1.82) is 0 Å². The summed E-state index contributed by atoms with van der Waals surface area (Å²) in [6, 6.07) is 4.48. The van der Waals surface area contributed by atoms with E-state index in [9.17, 15) is 14.3 Å². The fraction of sp³-hybridized carbons (Fsp3) is 0.533. The molecule has 20 heavy (non-hydrogen) atoms. The average molecular weight is 281 g/mol. The van der Waals surface area contributed by atoms with Gasteiger partial charge in [0.05, 0.1) is 25.7 Å². The lowest BCUT2D eigenvalue weighted by Crippen LogP contribution is -2.49. The van der Waals surface area contributed by atoms with Crippen LogP contribution in [0.1, 0.15) is 31.2 Å². The van der Waals surface area contributed by atoms with Gasteiger partial charge in [0.15, 0.2) is 11.6 Å². The number of hydrogen-bond acceptors (Lipinski definition) is 3. The number of carbonyl (C=O) groups is 1. The Kier molecular flexibility index (Phi) is 4.60. The fourth-order valence-electron chi connectivity index (χ4n) is 2.72. The van der Waals surface area contributed by atoms with Gasteiger partial charge >= 0.3 is 0 Å². The van der Waals surface area contributed by atoms with Gasteiger partial charge in [-0.05, 0) is 30.5 Å². The van der Waals surface area contributed by atoms with Crippen LogP contribution in [0.25, 0.3) is 0 Å². The van der Waals surface area contributed by atoms with Crippen LogP contribution in [0.3, 0.4) is 0 Å². The highest BCUT2D eigenvalue weighted by molar-refractivity contribution is 5.79. The monoisotopic (exact) mass is 281 g/mol. The van der Waals surface area contributed by atoms with E-state index < -0.39 is 11.4 Å². The molecule has 110 valence electrons. The van der Waals surface area contributed by atoms with Crippen LogP contribution in [-0.2, 0) is 11.2 Å². The van der Waals surface area contributed by atoms with Crippen molar-refractivity contribution in [3.05, 3.63) is 29.6 Å². The molecule has 1 amide bonds. The number of hydrogen-bond donors (Lipinski definition) is 2. The Hall–Kier alpha value is -1.62. The first kappa shape index (κ1) is 14.8. The molecule has 1 aliphatic carbocycles. The number of carbonyl (C=O) groups excluding carboxylic acids is 1. The van der Waals surface area contributed by atoms with Gasteiger partial charge < -0.3 is 15.2 Å². The van der Waals surface area contributed by atoms with Gasteiger partial charge in [-0.15, -0.1) is 0 Å². The lowest BCUT2D eigenvalue weighted by Gasteiger charge is -2.28. The number of benzene rings is 1. The highest BCUT2D eigenvalue weighted by Crippen LogP contribution is 2.29. The highest BCUT2D eigenvalue weighted by Gasteiger charge is 2.34. The molecular formula is C15H20FNO3. The number of nitrogens with one attached hydrogen (secondary N) is 1. The van der Waals surface area contributed by atoms with Gasteiger partial charge in [0, 0.05) is 0 Å². The molecule has 0 spiro atoms. The Balaban J connectivity index is 1.99. The van der Waals surface area contributed by atoms with Crippen molar-refractivity contribution in [2.24, 2.45) is 0 Å². The van der Waals surface area contributed by atoms with E-state index in [1.54, 1.807) is 6.07 Å². The van der Waals surface area contributed by atoms with E-state index in [1.165, 1.54) is 19.2 Å². The van der Waals surface area contributed by atoms with Gasteiger partial charge in [0.2, 0.25) is 5.91 Å². The Morgan fingerprint density at radius 2 is 2.15 bits per heavy atom. The van der Waals surface area contributed by atoms with Crippen molar-refractivity contribution in [2.75, 3.05) is 13.7 Å². The summed E-state index contributed by atoms with van der Waals surface area (Å²) in [5, 5.41) is 12.3. The Morgan fingerprint density at radius 1 is 1.45 bits per heavy atom. The molecule has 1 aliphatic rings. The smallest absolute Gasteiger partial charge is 0.224 e. The zero-order valence-corrected chi connectivity index (χ0v) is 11.6. The summed E-state index contributed by atoms with van der Waals surface area (Å²) in [5.41, 5.74) is 0.106. The predicted octanol–water partition coefficient (Wildman–Crippen LogP) is 1.80. The molecule has 4 nitrogen and oxygen atoms in total. The first-order chi connectivity index (χ1) is 9.58. The lowest BCUT2D eigenvalue weighted by atomic mass is 9.98. The molecule has 2 N–H and O–H groups in total. The molecule has 0 heterocycles. The second-order valence-electron chi connectivity index (χ2n) is 5.34. The third kappa shape index (κ3) is 3.28. The Labute approximate surface area is 117 Å². The first-order valence-corrected chi connectivity index (χ1v) is 6.83. The molecule has 1 fully saturated rings. The van der Waals surface area contributed by atoms with Crippen LogP contribution in [0.2, 0.25) is 0 Å². The van der Waals surface area contributed by atoms with Gasteiger partial charge in [0.25, 0.3) is 0 Å². The van der Waals surface area contributed by atoms with Gasteiger partial charge in [-0.25, -0.2) is 4.39 Å².